The van der Waals surface area contributed by atoms with Gasteiger partial charge in [0.25, 0.3) is 0 Å². The average molecular weight is 334 g/mol. The summed E-state index contributed by atoms with van der Waals surface area (Å²) in [5.74, 6) is 3.10. The number of aromatic nitrogens is 2. The van der Waals surface area contributed by atoms with Crippen LogP contribution in [0.3, 0.4) is 0 Å². The Hall–Kier alpha value is -3.08. The molecule has 0 amide bonds. The molecule has 1 aromatic heterocycles. The minimum absolute atomic E-state index is 0.629. The normalized spacial score (nSPS) is 10.4. The van der Waals surface area contributed by atoms with Crippen molar-refractivity contribution in [2.45, 2.75) is 20.4 Å². The largest absolute Gasteiger partial charge is 0.496 e. The van der Waals surface area contributed by atoms with Crippen molar-refractivity contribution in [2.24, 2.45) is 0 Å². The average Bonchev–Trinajstić information content (AvgIpc) is 2.62. The van der Waals surface area contributed by atoms with Gasteiger partial charge in [-0.25, -0.2) is 9.97 Å². The summed E-state index contributed by atoms with van der Waals surface area (Å²) in [6.45, 7) is 4.58. The van der Waals surface area contributed by atoms with Crippen molar-refractivity contribution in [3.05, 3.63) is 71.5 Å². The van der Waals surface area contributed by atoms with Crippen LogP contribution in [0.5, 0.6) is 5.75 Å². The Morgan fingerprint density at radius 1 is 0.920 bits per heavy atom. The molecule has 0 saturated heterocycles. The van der Waals surface area contributed by atoms with Crippen molar-refractivity contribution in [2.75, 3.05) is 17.7 Å². The molecule has 0 aliphatic rings. The van der Waals surface area contributed by atoms with Crippen molar-refractivity contribution in [1.82, 2.24) is 9.97 Å². The molecule has 0 fully saturated rings. The number of nitrogens with zero attached hydrogens (tertiary/aromatic N) is 2. The number of rotatable bonds is 6. The summed E-state index contributed by atoms with van der Waals surface area (Å²) in [5, 5.41) is 6.66. The maximum Gasteiger partial charge on any atom is 0.136 e. The number of aryl methyl sites for hydroxylation is 2. The van der Waals surface area contributed by atoms with Crippen LogP contribution in [0.25, 0.3) is 0 Å². The topological polar surface area (TPSA) is 59.1 Å². The van der Waals surface area contributed by atoms with Crippen LogP contribution in [-0.2, 0) is 6.54 Å². The Morgan fingerprint density at radius 3 is 2.40 bits per heavy atom. The third kappa shape index (κ3) is 4.47. The molecule has 0 radical (unpaired) electrons. The molecule has 128 valence electrons. The Morgan fingerprint density at radius 2 is 1.64 bits per heavy atom. The first kappa shape index (κ1) is 16.8. The Balaban J connectivity index is 1.74. The molecule has 5 nitrogen and oxygen atoms in total. The van der Waals surface area contributed by atoms with E-state index in [1.165, 1.54) is 5.56 Å². The van der Waals surface area contributed by atoms with Crippen LogP contribution in [0, 0.1) is 13.8 Å². The third-order valence-corrected chi connectivity index (χ3v) is 3.81. The van der Waals surface area contributed by atoms with Crippen molar-refractivity contribution >= 4 is 17.3 Å². The molecule has 0 aliphatic heterocycles. The van der Waals surface area contributed by atoms with Crippen LogP contribution in [0.15, 0.2) is 54.6 Å². The van der Waals surface area contributed by atoms with E-state index in [1.807, 2.05) is 49.4 Å². The van der Waals surface area contributed by atoms with Crippen LogP contribution in [-0.4, -0.2) is 17.1 Å². The number of nitrogens with one attached hydrogen (secondary N) is 2. The molecule has 0 unspecified atom stereocenters. The van der Waals surface area contributed by atoms with Gasteiger partial charge in [-0.2, -0.15) is 0 Å². The van der Waals surface area contributed by atoms with Gasteiger partial charge in [-0.3, -0.25) is 0 Å². The van der Waals surface area contributed by atoms with Gasteiger partial charge in [-0.15, -0.1) is 0 Å². The fourth-order valence-electron chi connectivity index (χ4n) is 2.54. The van der Waals surface area contributed by atoms with Gasteiger partial charge in [0.05, 0.1) is 7.11 Å². The van der Waals surface area contributed by atoms with E-state index in [0.29, 0.717) is 12.4 Å². The van der Waals surface area contributed by atoms with Crippen LogP contribution in [0.4, 0.5) is 17.3 Å². The molecule has 2 aromatic carbocycles. The zero-order valence-corrected chi connectivity index (χ0v) is 14.7. The molecule has 25 heavy (non-hydrogen) atoms. The van der Waals surface area contributed by atoms with Crippen LogP contribution >= 0.6 is 0 Å². The highest BCUT2D eigenvalue weighted by molar-refractivity contribution is 5.59. The molecule has 0 spiro atoms. The van der Waals surface area contributed by atoms with Gasteiger partial charge in [0, 0.05) is 23.9 Å². The zero-order valence-electron chi connectivity index (χ0n) is 14.7. The molecule has 3 aromatic rings. The van der Waals surface area contributed by atoms with Crippen LogP contribution in [0.2, 0.25) is 0 Å². The molecule has 5 heteroatoms. The predicted octanol–water partition coefficient (Wildman–Crippen LogP) is 4.46. The summed E-state index contributed by atoms with van der Waals surface area (Å²) in [6.07, 6.45) is 0. The van der Waals surface area contributed by atoms with E-state index < -0.39 is 0 Å². The van der Waals surface area contributed by atoms with E-state index in [9.17, 15) is 0 Å². The predicted molar refractivity (Wildman–Crippen MR) is 102 cm³/mol. The first-order valence-electron chi connectivity index (χ1n) is 8.19. The SMILES string of the molecule is COc1ccccc1CNc1cc(Nc2ccc(C)cc2)nc(C)n1. The number of anilines is 3. The quantitative estimate of drug-likeness (QED) is 0.697. The van der Waals surface area contributed by atoms with E-state index in [2.05, 4.69) is 39.7 Å². The number of hydrogen-bond donors (Lipinski definition) is 2. The second-order valence-electron chi connectivity index (χ2n) is 5.84. The fraction of sp³-hybridized carbons (Fsp3) is 0.200. The molecular weight excluding hydrogens is 312 g/mol. The summed E-state index contributed by atoms with van der Waals surface area (Å²) in [6, 6.07) is 18.0. The van der Waals surface area contributed by atoms with E-state index >= 15 is 0 Å². The molecule has 0 aliphatic carbocycles. The molecule has 2 N–H and O–H groups in total. The van der Waals surface area contributed by atoms with Gasteiger partial charge in [-0.1, -0.05) is 35.9 Å². The fourth-order valence-corrected chi connectivity index (χ4v) is 2.54. The Bertz CT molecular complexity index is 847. The Labute approximate surface area is 148 Å². The van der Waals surface area contributed by atoms with Crippen LogP contribution < -0.4 is 15.4 Å². The van der Waals surface area contributed by atoms with Gasteiger partial charge in [0.15, 0.2) is 0 Å². The lowest BCUT2D eigenvalue weighted by Gasteiger charge is -2.12. The summed E-state index contributed by atoms with van der Waals surface area (Å²) in [5.41, 5.74) is 3.30. The number of ether oxygens (including phenoxy) is 1. The van der Waals surface area contributed by atoms with Gasteiger partial charge in [0.1, 0.15) is 23.2 Å². The van der Waals surface area contributed by atoms with Crippen molar-refractivity contribution in [1.29, 1.82) is 0 Å². The van der Waals surface area contributed by atoms with Gasteiger partial charge in [0.2, 0.25) is 0 Å². The van der Waals surface area contributed by atoms with Gasteiger partial charge >= 0.3 is 0 Å². The monoisotopic (exact) mass is 334 g/mol. The van der Waals surface area contributed by atoms with Crippen molar-refractivity contribution in [3.63, 3.8) is 0 Å². The highest BCUT2D eigenvalue weighted by Crippen LogP contribution is 2.21. The zero-order chi connectivity index (χ0) is 17.6. The van der Waals surface area contributed by atoms with E-state index in [-0.39, 0.29) is 0 Å². The molecule has 0 bridgehead atoms. The second kappa shape index (κ2) is 7.66. The molecule has 0 atom stereocenters. The number of hydrogen-bond acceptors (Lipinski definition) is 5. The summed E-state index contributed by atoms with van der Waals surface area (Å²) in [7, 11) is 1.68. The maximum absolute atomic E-state index is 5.38. The van der Waals surface area contributed by atoms with Gasteiger partial charge in [-0.05, 0) is 32.0 Å². The Kier molecular flexibility index (Phi) is 5.14. The molecule has 0 saturated carbocycles. The van der Waals surface area contributed by atoms with Crippen molar-refractivity contribution in [3.8, 4) is 5.75 Å². The first-order chi connectivity index (χ1) is 12.1. The first-order valence-corrected chi connectivity index (χ1v) is 8.19. The highest BCUT2D eigenvalue weighted by atomic mass is 16.5. The second-order valence-corrected chi connectivity index (χ2v) is 5.84. The lowest BCUT2D eigenvalue weighted by molar-refractivity contribution is 0.410. The molecule has 3 rings (SSSR count). The molecule has 1 heterocycles. The third-order valence-electron chi connectivity index (χ3n) is 3.81. The highest BCUT2D eigenvalue weighted by Gasteiger charge is 2.05. The van der Waals surface area contributed by atoms with E-state index in [0.717, 1.165) is 28.6 Å². The number of para-hydroxylation sites is 1. The van der Waals surface area contributed by atoms with Crippen LogP contribution in [0.1, 0.15) is 17.0 Å². The standard InChI is InChI=1S/C20H22N4O/c1-14-8-10-17(11-9-14)24-20-12-19(22-15(2)23-20)21-13-16-6-4-5-7-18(16)25-3/h4-12H,13H2,1-3H3,(H2,21,22,23,24). The maximum atomic E-state index is 5.38. The molecular formula is C20H22N4O. The lowest BCUT2D eigenvalue weighted by atomic mass is 10.2. The summed E-state index contributed by atoms with van der Waals surface area (Å²) < 4.78 is 5.38. The summed E-state index contributed by atoms with van der Waals surface area (Å²) in [4.78, 5) is 8.91. The van der Waals surface area contributed by atoms with E-state index in [1.54, 1.807) is 7.11 Å². The smallest absolute Gasteiger partial charge is 0.136 e. The summed E-state index contributed by atoms with van der Waals surface area (Å²) >= 11 is 0. The van der Waals surface area contributed by atoms with Gasteiger partial charge < -0.3 is 15.4 Å². The van der Waals surface area contributed by atoms with E-state index in [4.69, 9.17) is 4.74 Å². The number of benzene rings is 2. The minimum atomic E-state index is 0.629. The minimum Gasteiger partial charge on any atom is -0.496 e. The number of methoxy groups -OCH3 is 1. The van der Waals surface area contributed by atoms with Crippen molar-refractivity contribution < 1.29 is 4.74 Å². The lowest BCUT2D eigenvalue weighted by Crippen LogP contribution is -2.06.